The first kappa shape index (κ1) is 12.9. The average Bonchev–Trinajstić information content (AvgIpc) is 1.95. The van der Waals surface area contributed by atoms with Crippen molar-refractivity contribution in [3.63, 3.8) is 0 Å². The van der Waals surface area contributed by atoms with E-state index in [-0.39, 0.29) is 0 Å². The van der Waals surface area contributed by atoms with E-state index in [4.69, 9.17) is 0 Å². The third-order valence-electron chi connectivity index (χ3n) is 2.43. The molecule has 79 valence electrons. The fourth-order valence-electron chi connectivity index (χ4n) is 1.46. The fraction of sp³-hybridized carbons (Fsp3) is 0.909. The van der Waals surface area contributed by atoms with Crippen molar-refractivity contribution in [1.29, 1.82) is 0 Å². The highest BCUT2D eigenvalue weighted by Crippen LogP contribution is 2.08. The van der Waals surface area contributed by atoms with Crippen LogP contribution in [0.4, 0.5) is 0 Å². The van der Waals surface area contributed by atoms with Crippen molar-refractivity contribution in [2.24, 2.45) is 0 Å². The summed E-state index contributed by atoms with van der Waals surface area (Å²) in [6, 6.07) is 0.659. The Morgan fingerprint density at radius 3 is 2.08 bits per heavy atom. The number of hydrogen-bond donors (Lipinski definition) is 0. The average molecular weight is 186 g/mol. The molecule has 0 heterocycles. The Kier molecular flexibility index (Phi) is 5.57. The lowest BCUT2D eigenvalue weighted by molar-refractivity contribution is -0.870. The Morgan fingerprint density at radius 2 is 1.77 bits per heavy atom. The minimum Gasteiger partial charge on any atom is -0.331 e. The molecule has 0 amide bonds. The van der Waals surface area contributed by atoms with Crippen LogP contribution in [0.2, 0.25) is 0 Å². The van der Waals surface area contributed by atoms with Gasteiger partial charge in [-0.1, -0.05) is 6.92 Å². The minimum absolute atomic E-state index is 0.659. The Bertz CT molecular complexity index is 125. The minimum atomic E-state index is 0.659. The van der Waals surface area contributed by atoms with E-state index in [0.717, 1.165) is 10.9 Å². The van der Waals surface area contributed by atoms with Crippen LogP contribution in [0.3, 0.4) is 0 Å². The van der Waals surface area contributed by atoms with Crippen LogP contribution >= 0.6 is 0 Å². The number of nitrogens with zero attached hydrogens (tertiary/aromatic N) is 2. The molecule has 1 unspecified atom stereocenters. The maximum atomic E-state index is 3.98. The number of rotatable bonds is 6. The van der Waals surface area contributed by atoms with Gasteiger partial charge in [-0.05, 0) is 33.4 Å². The first-order valence-corrected chi connectivity index (χ1v) is 5.13. The zero-order valence-electron chi connectivity index (χ0n) is 10.0. The standard InChI is InChI=1S/C11H26N2/c1-7-11(12(2)3)9-8-10-13(4,5)6/h11H,1,7-10H2,2-6H3/q+1. The van der Waals surface area contributed by atoms with E-state index in [1.165, 1.54) is 19.4 Å². The summed E-state index contributed by atoms with van der Waals surface area (Å²) < 4.78 is 1.07. The molecule has 0 fully saturated rings. The summed E-state index contributed by atoms with van der Waals surface area (Å²) >= 11 is 0. The quantitative estimate of drug-likeness (QED) is 0.570. The van der Waals surface area contributed by atoms with Crippen molar-refractivity contribution in [3.05, 3.63) is 6.92 Å². The molecule has 0 saturated carbocycles. The van der Waals surface area contributed by atoms with Gasteiger partial charge in [-0.3, -0.25) is 0 Å². The van der Waals surface area contributed by atoms with Crippen molar-refractivity contribution in [3.8, 4) is 0 Å². The maximum Gasteiger partial charge on any atom is 0.0781 e. The zero-order chi connectivity index (χ0) is 10.5. The molecule has 0 spiro atoms. The molecule has 1 radical (unpaired) electrons. The van der Waals surface area contributed by atoms with Gasteiger partial charge < -0.3 is 9.38 Å². The van der Waals surface area contributed by atoms with Gasteiger partial charge >= 0.3 is 0 Å². The van der Waals surface area contributed by atoms with E-state index in [9.17, 15) is 0 Å². The van der Waals surface area contributed by atoms with E-state index in [2.05, 4.69) is 47.1 Å². The lowest BCUT2D eigenvalue weighted by Crippen LogP contribution is -2.36. The molecule has 0 bridgehead atoms. The summed E-state index contributed by atoms with van der Waals surface area (Å²) in [6.45, 7) is 5.23. The zero-order valence-corrected chi connectivity index (χ0v) is 10.0. The molecule has 0 aliphatic carbocycles. The van der Waals surface area contributed by atoms with E-state index >= 15 is 0 Å². The molecular weight excluding hydrogens is 160 g/mol. The SMILES string of the molecule is [CH2]CC(CCC[N+](C)(C)C)N(C)C. The van der Waals surface area contributed by atoms with Crippen LogP contribution < -0.4 is 0 Å². The van der Waals surface area contributed by atoms with Crippen LogP contribution in [-0.4, -0.2) is 57.2 Å². The topological polar surface area (TPSA) is 3.24 Å². The monoisotopic (exact) mass is 186 g/mol. The maximum absolute atomic E-state index is 3.98. The van der Waals surface area contributed by atoms with Crippen LogP contribution in [0.15, 0.2) is 0 Å². The highest BCUT2D eigenvalue weighted by Gasteiger charge is 2.11. The van der Waals surface area contributed by atoms with Crippen molar-refractivity contribution >= 4 is 0 Å². The van der Waals surface area contributed by atoms with Crippen LogP contribution in [-0.2, 0) is 0 Å². The molecule has 0 N–H and O–H groups in total. The second-order valence-corrected chi connectivity index (χ2v) is 5.06. The third-order valence-corrected chi connectivity index (χ3v) is 2.43. The smallest absolute Gasteiger partial charge is 0.0781 e. The summed E-state index contributed by atoms with van der Waals surface area (Å²) in [5.74, 6) is 0. The summed E-state index contributed by atoms with van der Waals surface area (Å²) in [7, 11) is 11.0. The van der Waals surface area contributed by atoms with Crippen LogP contribution in [0, 0.1) is 6.92 Å². The van der Waals surface area contributed by atoms with Gasteiger partial charge in [-0.15, -0.1) is 0 Å². The highest BCUT2D eigenvalue weighted by molar-refractivity contribution is 4.66. The molecule has 0 aromatic heterocycles. The predicted molar refractivity (Wildman–Crippen MR) is 59.6 cm³/mol. The number of quaternary nitrogens is 1. The van der Waals surface area contributed by atoms with Crippen LogP contribution in [0.5, 0.6) is 0 Å². The predicted octanol–water partition coefficient (Wildman–Crippen LogP) is 1.63. The molecule has 1 atom stereocenters. The van der Waals surface area contributed by atoms with E-state index in [1.807, 2.05) is 0 Å². The Labute approximate surface area is 84.1 Å². The van der Waals surface area contributed by atoms with Gasteiger partial charge in [0.05, 0.1) is 27.7 Å². The van der Waals surface area contributed by atoms with Gasteiger partial charge in [0.2, 0.25) is 0 Å². The molecule has 0 aliphatic heterocycles. The molecule has 0 aromatic rings. The lowest BCUT2D eigenvalue weighted by Gasteiger charge is -2.27. The Hall–Kier alpha value is -0.0800. The summed E-state index contributed by atoms with van der Waals surface area (Å²) in [6.07, 6.45) is 3.58. The van der Waals surface area contributed by atoms with Crippen molar-refractivity contribution in [1.82, 2.24) is 4.90 Å². The van der Waals surface area contributed by atoms with Gasteiger partial charge in [0.25, 0.3) is 0 Å². The normalized spacial score (nSPS) is 15.0. The van der Waals surface area contributed by atoms with E-state index in [1.54, 1.807) is 0 Å². The van der Waals surface area contributed by atoms with Gasteiger partial charge in [0.15, 0.2) is 0 Å². The van der Waals surface area contributed by atoms with Gasteiger partial charge in [0, 0.05) is 6.04 Å². The first-order chi connectivity index (χ1) is 5.87. The van der Waals surface area contributed by atoms with Crippen molar-refractivity contribution in [2.75, 3.05) is 41.8 Å². The summed E-state index contributed by atoms with van der Waals surface area (Å²) in [4.78, 5) is 2.28. The second-order valence-electron chi connectivity index (χ2n) is 5.06. The first-order valence-electron chi connectivity index (χ1n) is 5.13. The molecule has 2 nitrogen and oxygen atoms in total. The molecule has 0 aliphatic rings. The van der Waals surface area contributed by atoms with Crippen molar-refractivity contribution in [2.45, 2.75) is 25.3 Å². The summed E-state index contributed by atoms with van der Waals surface area (Å²) in [5.41, 5.74) is 0. The molecule has 0 rings (SSSR count). The summed E-state index contributed by atoms with van der Waals surface area (Å²) in [5, 5.41) is 0. The Balaban J connectivity index is 3.62. The molecule has 2 heteroatoms. The van der Waals surface area contributed by atoms with Gasteiger partial charge in [0.1, 0.15) is 0 Å². The third kappa shape index (κ3) is 7.03. The van der Waals surface area contributed by atoms with Crippen LogP contribution in [0.1, 0.15) is 19.3 Å². The second kappa shape index (κ2) is 5.61. The van der Waals surface area contributed by atoms with Crippen molar-refractivity contribution < 1.29 is 4.48 Å². The van der Waals surface area contributed by atoms with Gasteiger partial charge in [-0.25, -0.2) is 0 Å². The highest BCUT2D eigenvalue weighted by atomic mass is 15.3. The van der Waals surface area contributed by atoms with E-state index < -0.39 is 0 Å². The van der Waals surface area contributed by atoms with E-state index in [0.29, 0.717) is 6.04 Å². The van der Waals surface area contributed by atoms with Gasteiger partial charge in [-0.2, -0.15) is 0 Å². The van der Waals surface area contributed by atoms with Crippen LogP contribution in [0.25, 0.3) is 0 Å². The molecule has 0 aromatic carbocycles. The Morgan fingerprint density at radius 1 is 1.23 bits per heavy atom. The molecule has 0 saturated heterocycles. The number of hydrogen-bond acceptors (Lipinski definition) is 1. The molecule has 13 heavy (non-hydrogen) atoms. The fourth-order valence-corrected chi connectivity index (χ4v) is 1.46. The largest absolute Gasteiger partial charge is 0.331 e. The lowest BCUT2D eigenvalue weighted by atomic mass is 10.1. The molecular formula is C11H26N2+.